The maximum Gasteiger partial charge on any atom is 0.227 e. The fourth-order valence-corrected chi connectivity index (χ4v) is 6.42. The van der Waals surface area contributed by atoms with Crippen LogP contribution in [0.4, 0.5) is 11.5 Å². The van der Waals surface area contributed by atoms with E-state index in [2.05, 4.69) is 44.7 Å². The molecule has 1 saturated heterocycles. The van der Waals surface area contributed by atoms with Gasteiger partial charge < -0.3 is 14.8 Å². The Bertz CT molecular complexity index is 1380. The summed E-state index contributed by atoms with van der Waals surface area (Å²) in [7, 11) is 0. The summed E-state index contributed by atoms with van der Waals surface area (Å²) in [5, 5.41) is 4.33. The molecule has 1 amide bonds. The highest BCUT2D eigenvalue weighted by molar-refractivity contribution is 7.18. The molecule has 1 fully saturated rings. The van der Waals surface area contributed by atoms with Gasteiger partial charge in [-0.15, -0.1) is 11.3 Å². The van der Waals surface area contributed by atoms with Crippen LogP contribution in [0.3, 0.4) is 0 Å². The first-order valence-electron chi connectivity index (χ1n) is 12.3. The van der Waals surface area contributed by atoms with Gasteiger partial charge in [0.1, 0.15) is 22.8 Å². The van der Waals surface area contributed by atoms with Crippen molar-refractivity contribution in [1.82, 2.24) is 19.5 Å². The highest BCUT2D eigenvalue weighted by Crippen LogP contribution is 2.36. The minimum atomic E-state index is 0.00768. The molecule has 0 bridgehead atoms. The summed E-state index contributed by atoms with van der Waals surface area (Å²) in [5.41, 5.74) is 4.27. The first-order valence-corrected chi connectivity index (χ1v) is 13.2. The number of carbonyl (C=O) groups excluding carboxylic acids is 1. The van der Waals surface area contributed by atoms with Crippen molar-refractivity contribution in [2.45, 2.75) is 58.9 Å². The van der Waals surface area contributed by atoms with Crippen molar-refractivity contribution in [2.75, 3.05) is 23.3 Å². The number of aryl methyl sites for hydroxylation is 4. The van der Waals surface area contributed by atoms with Crippen molar-refractivity contribution in [2.24, 2.45) is 5.92 Å². The zero-order valence-electron chi connectivity index (χ0n) is 19.8. The van der Waals surface area contributed by atoms with Crippen LogP contribution in [-0.2, 0) is 17.8 Å². The lowest BCUT2D eigenvalue weighted by Crippen LogP contribution is -2.38. The second kappa shape index (κ2) is 8.65. The molecule has 1 aromatic carbocycles. The Labute approximate surface area is 203 Å². The van der Waals surface area contributed by atoms with Crippen LogP contribution in [0, 0.1) is 19.8 Å². The molecular weight excluding hydrogens is 444 g/mol. The van der Waals surface area contributed by atoms with Crippen molar-refractivity contribution in [3.8, 4) is 0 Å². The first-order chi connectivity index (χ1) is 16.6. The minimum absolute atomic E-state index is 0.00768. The fourth-order valence-electron chi connectivity index (χ4n) is 5.43. The summed E-state index contributed by atoms with van der Waals surface area (Å²) in [6.45, 7) is 6.98. The van der Waals surface area contributed by atoms with Gasteiger partial charge in [-0.25, -0.2) is 15.0 Å². The number of nitrogens with one attached hydrogen (secondary N) is 1. The third kappa shape index (κ3) is 3.74. The Morgan fingerprint density at radius 3 is 2.79 bits per heavy atom. The Kier molecular flexibility index (Phi) is 5.48. The van der Waals surface area contributed by atoms with E-state index in [1.807, 2.05) is 12.1 Å². The molecule has 2 aliphatic heterocycles. The molecule has 6 rings (SSSR count). The number of nitrogens with zero attached hydrogens (tertiary/aromatic N) is 5. The number of anilines is 2. The van der Waals surface area contributed by atoms with Crippen LogP contribution in [0.25, 0.3) is 21.3 Å². The van der Waals surface area contributed by atoms with Gasteiger partial charge in [-0.2, -0.15) is 0 Å². The first kappa shape index (κ1) is 21.5. The van der Waals surface area contributed by atoms with Crippen LogP contribution in [0.15, 0.2) is 24.5 Å². The van der Waals surface area contributed by atoms with Gasteiger partial charge in [-0.1, -0.05) is 6.42 Å². The number of carbonyl (C=O) groups is 1. The van der Waals surface area contributed by atoms with Gasteiger partial charge >= 0.3 is 0 Å². The molecule has 4 aromatic rings. The van der Waals surface area contributed by atoms with Gasteiger partial charge in [0.2, 0.25) is 5.91 Å². The largest absolute Gasteiger partial charge is 0.356 e. The maximum absolute atomic E-state index is 13.1. The standard InChI is InChI=1S/C26H30N6OS/c1-16-17(2)34-26-23(16)24(27-15-28-26)31-12-9-18(10-13-31)25(33)29-19-7-8-21-20(14-19)30-22-6-4-3-5-11-32(21)22/h7-8,14-15,18H,3-6,9-13H2,1-2H3,(H,29,33). The normalized spacial score (nSPS) is 17.2. The number of benzene rings is 1. The fraction of sp³-hybridized carbons (Fsp3) is 0.462. The van der Waals surface area contributed by atoms with Gasteiger partial charge in [-0.3, -0.25) is 4.79 Å². The second-order valence-electron chi connectivity index (χ2n) is 9.61. The summed E-state index contributed by atoms with van der Waals surface area (Å²) in [4.78, 5) is 31.7. The number of hydrogen-bond donors (Lipinski definition) is 1. The zero-order valence-corrected chi connectivity index (χ0v) is 20.6. The van der Waals surface area contributed by atoms with Crippen molar-refractivity contribution in [3.63, 3.8) is 0 Å². The third-order valence-corrected chi connectivity index (χ3v) is 8.60. The Morgan fingerprint density at radius 2 is 1.94 bits per heavy atom. The lowest BCUT2D eigenvalue weighted by molar-refractivity contribution is -0.120. The molecule has 176 valence electrons. The molecule has 0 spiro atoms. The SMILES string of the molecule is Cc1sc2ncnc(N3CCC(C(=O)Nc4ccc5c(c4)nc4n5CCCCC4)CC3)c2c1C. The van der Waals surface area contributed by atoms with Gasteiger partial charge in [0, 0.05) is 42.5 Å². The Hall–Kier alpha value is -3.00. The van der Waals surface area contributed by atoms with E-state index in [4.69, 9.17) is 4.98 Å². The number of imidazole rings is 1. The van der Waals surface area contributed by atoms with Gasteiger partial charge in [-0.05, 0) is 63.3 Å². The van der Waals surface area contributed by atoms with Crippen LogP contribution in [0.2, 0.25) is 0 Å². The highest BCUT2D eigenvalue weighted by atomic mass is 32.1. The molecule has 0 atom stereocenters. The third-order valence-electron chi connectivity index (χ3n) is 7.49. The lowest BCUT2D eigenvalue weighted by Gasteiger charge is -2.32. The summed E-state index contributed by atoms with van der Waals surface area (Å²) >= 11 is 1.73. The number of piperidine rings is 1. The Morgan fingerprint density at radius 1 is 1.09 bits per heavy atom. The smallest absolute Gasteiger partial charge is 0.227 e. The molecule has 0 radical (unpaired) electrons. The second-order valence-corrected chi connectivity index (χ2v) is 10.8. The van der Waals surface area contributed by atoms with E-state index in [9.17, 15) is 4.79 Å². The number of thiophene rings is 1. The van der Waals surface area contributed by atoms with Crippen molar-refractivity contribution in [1.29, 1.82) is 0 Å². The molecule has 3 aromatic heterocycles. The number of hydrogen-bond acceptors (Lipinski definition) is 6. The summed E-state index contributed by atoms with van der Waals surface area (Å²) in [6, 6.07) is 6.17. The number of fused-ring (bicyclic) bond motifs is 4. The van der Waals surface area contributed by atoms with Crippen LogP contribution in [-0.4, -0.2) is 38.5 Å². The Balaban J connectivity index is 1.14. The minimum Gasteiger partial charge on any atom is -0.356 e. The molecule has 2 aliphatic rings. The molecular formula is C26H30N6OS. The molecule has 34 heavy (non-hydrogen) atoms. The summed E-state index contributed by atoms with van der Waals surface area (Å²) in [5.74, 6) is 2.30. The van der Waals surface area contributed by atoms with Gasteiger partial charge in [0.25, 0.3) is 0 Å². The van der Waals surface area contributed by atoms with E-state index in [-0.39, 0.29) is 11.8 Å². The van der Waals surface area contributed by atoms with Crippen LogP contribution in [0.5, 0.6) is 0 Å². The maximum atomic E-state index is 13.1. The number of aromatic nitrogens is 4. The van der Waals surface area contributed by atoms with E-state index in [1.54, 1.807) is 17.7 Å². The molecule has 7 nitrogen and oxygen atoms in total. The van der Waals surface area contributed by atoms with E-state index >= 15 is 0 Å². The molecule has 0 unspecified atom stereocenters. The molecule has 1 N–H and O–H groups in total. The van der Waals surface area contributed by atoms with Gasteiger partial charge in [0.15, 0.2) is 0 Å². The van der Waals surface area contributed by atoms with Gasteiger partial charge in [0.05, 0.1) is 16.4 Å². The van der Waals surface area contributed by atoms with E-state index in [1.165, 1.54) is 46.4 Å². The number of amides is 1. The summed E-state index contributed by atoms with van der Waals surface area (Å²) in [6.07, 6.45) is 8.03. The lowest BCUT2D eigenvalue weighted by atomic mass is 9.95. The highest BCUT2D eigenvalue weighted by Gasteiger charge is 2.27. The van der Waals surface area contributed by atoms with Crippen molar-refractivity contribution >= 4 is 50.0 Å². The zero-order chi connectivity index (χ0) is 23.2. The molecule has 5 heterocycles. The molecule has 0 saturated carbocycles. The topological polar surface area (TPSA) is 75.9 Å². The van der Waals surface area contributed by atoms with Crippen LogP contribution in [0.1, 0.15) is 48.4 Å². The molecule has 8 heteroatoms. The van der Waals surface area contributed by atoms with Crippen LogP contribution >= 0.6 is 11.3 Å². The van der Waals surface area contributed by atoms with E-state index in [0.29, 0.717) is 0 Å². The number of rotatable bonds is 3. The predicted octanol–water partition coefficient (Wildman–Crippen LogP) is 5.24. The summed E-state index contributed by atoms with van der Waals surface area (Å²) < 4.78 is 2.35. The van der Waals surface area contributed by atoms with Crippen molar-refractivity contribution in [3.05, 3.63) is 40.8 Å². The predicted molar refractivity (Wildman–Crippen MR) is 138 cm³/mol. The van der Waals surface area contributed by atoms with Crippen LogP contribution < -0.4 is 10.2 Å². The molecule has 0 aliphatic carbocycles. The van der Waals surface area contributed by atoms with Crippen molar-refractivity contribution < 1.29 is 4.79 Å². The monoisotopic (exact) mass is 474 g/mol. The average molecular weight is 475 g/mol. The average Bonchev–Trinajstić information content (AvgIpc) is 3.23. The van der Waals surface area contributed by atoms with E-state index in [0.717, 1.165) is 60.7 Å². The quantitative estimate of drug-likeness (QED) is 0.439. The van der Waals surface area contributed by atoms with E-state index < -0.39 is 0 Å².